The van der Waals surface area contributed by atoms with Crippen molar-refractivity contribution in [1.29, 1.82) is 0 Å². The highest BCUT2D eigenvalue weighted by molar-refractivity contribution is 6.36. The Balaban J connectivity index is 2.46. The Kier molecular flexibility index (Phi) is 4.07. The maximum atomic E-state index is 6.11. The first-order valence-corrected chi connectivity index (χ1v) is 6.35. The van der Waals surface area contributed by atoms with Crippen LogP contribution < -0.4 is 10.5 Å². The summed E-state index contributed by atoms with van der Waals surface area (Å²) in [6.45, 7) is 3.74. The minimum absolute atomic E-state index is 0.0599. The molecule has 0 aliphatic heterocycles. The molecule has 5 nitrogen and oxygen atoms in total. The fraction of sp³-hybridized carbons (Fsp3) is 0.250. The topological polar surface area (TPSA) is 73.9 Å². The van der Waals surface area contributed by atoms with E-state index in [-0.39, 0.29) is 18.1 Å². The highest BCUT2D eigenvalue weighted by atomic mass is 35.5. The van der Waals surface area contributed by atoms with E-state index in [1.54, 1.807) is 18.2 Å². The molecule has 1 aromatic carbocycles. The van der Waals surface area contributed by atoms with Crippen LogP contribution in [0.1, 0.15) is 13.8 Å². The first-order valence-electron chi connectivity index (χ1n) is 5.59. The Morgan fingerprint density at radius 2 is 1.89 bits per heavy atom. The maximum Gasteiger partial charge on any atom is 0.322 e. The summed E-state index contributed by atoms with van der Waals surface area (Å²) in [6.07, 6.45) is -0.0599. The molecule has 0 aliphatic carbocycles. The van der Waals surface area contributed by atoms with Crippen LogP contribution in [0.15, 0.2) is 18.2 Å². The zero-order chi connectivity index (χ0) is 14.0. The summed E-state index contributed by atoms with van der Waals surface area (Å²) in [6, 6.07) is 5.20. The van der Waals surface area contributed by atoms with Gasteiger partial charge in [0.15, 0.2) is 5.82 Å². The Morgan fingerprint density at radius 3 is 2.53 bits per heavy atom. The number of halogens is 2. The number of nitrogen functional groups attached to an aromatic ring is 1. The Labute approximate surface area is 120 Å². The van der Waals surface area contributed by atoms with Crippen molar-refractivity contribution >= 4 is 29.2 Å². The van der Waals surface area contributed by atoms with Crippen molar-refractivity contribution < 1.29 is 4.74 Å². The molecule has 0 spiro atoms. The third kappa shape index (κ3) is 3.45. The molecule has 0 bridgehead atoms. The van der Waals surface area contributed by atoms with Gasteiger partial charge in [0.1, 0.15) is 0 Å². The lowest BCUT2D eigenvalue weighted by atomic mass is 10.2. The number of rotatable bonds is 3. The molecule has 1 aromatic heterocycles. The number of nitrogens with zero attached hydrogens (tertiary/aromatic N) is 3. The van der Waals surface area contributed by atoms with E-state index in [1.807, 2.05) is 13.8 Å². The quantitative estimate of drug-likeness (QED) is 0.942. The summed E-state index contributed by atoms with van der Waals surface area (Å²) in [5, 5.41) is 0.975. The van der Waals surface area contributed by atoms with Crippen molar-refractivity contribution in [2.24, 2.45) is 0 Å². The molecule has 0 atom stereocenters. The highest BCUT2D eigenvalue weighted by Gasteiger charge is 2.12. The summed E-state index contributed by atoms with van der Waals surface area (Å²) in [5.74, 6) is 0.427. The van der Waals surface area contributed by atoms with Gasteiger partial charge in [-0.15, -0.1) is 0 Å². The van der Waals surface area contributed by atoms with Gasteiger partial charge in [0.2, 0.25) is 5.95 Å². The van der Waals surface area contributed by atoms with Gasteiger partial charge in [0.05, 0.1) is 11.1 Å². The van der Waals surface area contributed by atoms with E-state index in [2.05, 4.69) is 15.0 Å². The average molecular weight is 299 g/mol. The first kappa shape index (κ1) is 13.8. The largest absolute Gasteiger partial charge is 0.461 e. The predicted octanol–water partition coefficient (Wildman–Crippen LogP) is 3.21. The van der Waals surface area contributed by atoms with Crippen molar-refractivity contribution in [1.82, 2.24) is 15.0 Å². The van der Waals surface area contributed by atoms with Crippen molar-refractivity contribution in [3.8, 4) is 17.4 Å². The minimum Gasteiger partial charge on any atom is -0.461 e. The molecule has 2 rings (SSSR count). The number of nitrogens with two attached hydrogens (primary N) is 1. The predicted molar refractivity (Wildman–Crippen MR) is 75.5 cm³/mol. The molecule has 19 heavy (non-hydrogen) atoms. The summed E-state index contributed by atoms with van der Waals surface area (Å²) >= 11 is 12.0. The molecule has 100 valence electrons. The average Bonchev–Trinajstić information content (AvgIpc) is 2.26. The van der Waals surface area contributed by atoms with E-state index in [0.29, 0.717) is 21.4 Å². The van der Waals surface area contributed by atoms with Crippen LogP contribution in [0.4, 0.5) is 5.95 Å². The Morgan fingerprint density at radius 1 is 1.16 bits per heavy atom. The molecule has 0 saturated heterocycles. The van der Waals surface area contributed by atoms with Crippen LogP contribution in [-0.2, 0) is 0 Å². The van der Waals surface area contributed by atoms with Crippen molar-refractivity contribution in [2.75, 3.05) is 5.73 Å². The molecule has 7 heteroatoms. The lowest BCUT2D eigenvalue weighted by molar-refractivity contribution is 0.222. The van der Waals surface area contributed by atoms with Gasteiger partial charge in [-0.3, -0.25) is 0 Å². The van der Waals surface area contributed by atoms with Gasteiger partial charge in [0, 0.05) is 10.6 Å². The normalized spacial score (nSPS) is 10.8. The van der Waals surface area contributed by atoms with E-state index in [4.69, 9.17) is 33.7 Å². The molecular weight excluding hydrogens is 287 g/mol. The van der Waals surface area contributed by atoms with Gasteiger partial charge < -0.3 is 10.5 Å². The van der Waals surface area contributed by atoms with Gasteiger partial charge in [-0.2, -0.15) is 15.0 Å². The zero-order valence-electron chi connectivity index (χ0n) is 10.4. The van der Waals surface area contributed by atoms with E-state index in [0.717, 1.165) is 0 Å². The van der Waals surface area contributed by atoms with Crippen molar-refractivity contribution in [3.63, 3.8) is 0 Å². The lowest BCUT2D eigenvalue weighted by Crippen LogP contribution is -2.11. The number of aromatic nitrogens is 3. The van der Waals surface area contributed by atoms with Crippen LogP contribution in [0.3, 0.4) is 0 Å². The van der Waals surface area contributed by atoms with Crippen LogP contribution in [0.25, 0.3) is 11.4 Å². The second-order valence-corrected chi connectivity index (χ2v) is 4.93. The molecule has 0 aliphatic rings. The molecule has 0 unspecified atom stereocenters. The van der Waals surface area contributed by atoms with Crippen LogP contribution in [0, 0.1) is 0 Å². The summed E-state index contributed by atoms with van der Waals surface area (Å²) in [7, 11) is 0. The van der Waals surface area contributed by atoms with E-state index in [1.165, 1.54) is 0 Å². The third-order valence-corrected chi connectivity index (χ3v) is 2.69. The Bertz CT molecular complexity index is 604. The second-order valence-electron chi connectivity index (χ2n) is 4.09. The zero-order valence-corrected chi connectivity index (χ0v) is 11.9. The smallest absolute Gasteiger partial charge is 0.322 e. The van der Waals surface area contributed by atoms with Crippen LogP contribution >= 0.6 is 23.2 Å². The number of benzene rings is 1. The van der Waals surface area contributed by atoms with Gasteiger partial charge in [-0.25, -0.2) is 0 Å². The SMILES string of the molecule is CC(C)Oc1nc(N)nc(-c2ccc(Cl)cc2Cl)n1. The van der Waals surface area contributed by atoms with Gasteiger partial charge >= 0.3 is 6.01 Å². The maximum absolute atomic E-state index is 6.11. The summed E-state index contributed by atoms with van der Waals surface area (Å²) in [4.78, 5) is 12.1. The molecule has 0 radical (unpaired) electrons. The van der Waals surface area contributed by atoms with E-state index in [9.17, 15) is 0 Å². The second kappa shape index (κ2) is 5.59. The minimum atomic E-state index is -0.0599. The standard InChI is InChI=1S/C12H12Cl2N4O/c1-6(2)19-12-17-10(16-11(15)18-12)8-4-3-7(13)5-9(8)14/h3-6H,1-2H3,(H2,15,16,17,18). The number of anilines is 1. The first-order chi connectivity index (χ1) is 8.95. The number of hydrogen-bond acceptors (Lipinski definition) is 5. The third-order valence-electron chi connectivity index (χ3n) is 2.15. The fourth-order valence-corrected chi connectivity index (χ4v) is 1.92. The fourth-order valence-electron chi connectivity index (χ4n) is 1.43. The van der Waals surface area contributed by atoms with Crippen LogP contribution in [0.2, 0.25) is 10.0 Å². The van der Waals surface area contributed by atoms with E-state index < -0.39 is 0 Å². The van der Waals surface area contributed by atoms with Gasteiger partial charge in [-0.1, -0.05) is 23.2 Å². The lowest BCUT2D eigenvalue weighted by Gasteiger charge is -2.09. The van der Waals surface area contributed by atoms with Crippen molar-refractivity contribution in [3.05, 3.63) is 28.2 Å². The molecule has 0 saturated carbocycles. The molecule has 1 heterocycles. The molecule has 2 aromatic rings. The van der Waals surface area contributed by atoms with Crippen LogP contribution in [0.5, 0.6) is 6.01 Å². The van der Waals surface area contributed by atoms with Gasteiger partial charge in [0.25, 0.3) is 0 Å². The van der Waals surface area contributed by atoms with Crippen molar-refractivity contribution in [2.45, 2.75) is 20.0 Å². The van der Waals surface area contributed by atoms with Crippen LogP contribution in [-0.4, -0.2) is 21.1 Å². The summed E-state index contributed by atoms with van der Waals surface area (Å²) < 4.78 is 5.41. The summed E-state index contributed by atoms with van der Waals surface area (Å²) in [5.41, 5.74) is 6.26. The monoisotopic (exact) mass is 298 g/mol. The Hall–Kier alpha value is -1.59. The number of hydrogen-bond donors (Lipinski definition) is 1. The van der Waals surface area contributed by atoms with Gasteiger partial charge in [-0.05, 0) is 32.0 Å². The number of ether oxygens (including phenoxy) is 1. The molecule has 2 N–H and O–H groups in total. The molecule has 0 amide bonds. The molecule has 0 fully saturated rings. The van der Waals surface area contributed by atoms with E-state index >= 15 is 0 Å². The highest BCUT2D eigenvalue weighted by Crippen LogP contribution is 2.29. The molecular formula is C12H12Cl2N4O.